The van der Waals surface area contributed by atoms with Gasteiger partial charge in [-0.25, -0.2) is 0 Å². The molecule has 16 heavy (non-hydrogen) atoms. The molecular weight excluding hydrogens is 206 g/mol. The summed E-state index contributed by atoms with van der Waals surface area (Å²) in [4.78, 5) is 17.3. The second-order valence-corrected chi connectivity index (χ2v) is 3.82. The molecule has 0 unspecified atom stereocenters. The number of pyridine rings is 1. The first-order valence-electron chi connectivity index (χ1n) is 5.21. The van der Waals surface area contributed by atoms with Gasteiger partial charge in [-0.15, -0.1) is 0 Å². The van der Waals surface area contributed by atoms with Crippen LogP contribution in [0.25, 0.3) is 0 Å². The van der Waals surface area contributed by atoms with Crippen molar-refractivity contribution < 1.29 is 9.53 Å². The Morgan fingerprint density at radius 2 is 2.50 bits per heavy atom. The van der Waals surface area contributed by atoms with Gasteiger partial charge >= 0.3 is 0 Å². The number of rotatable bonds is 2. The summed E-state index contributed by atoms with van der Waals surface area (Å²) in [5.74, 6) is -0.0291. The fourth-order valence-electron chi connectivity index (χ4n) is 1.96. The monoisotopic (exact) mass is 221 g/mol. The van der Waals surface area contributed by atoms with Crippen molar-refractivity contribution in [2.75, 3.05) is 20.2 Å². The number of carbonyl (C=O) groups is 1. The summed E-state index contributed by atoms with van der Waals surface area (Å²) in [5.41, 5.74) is 6.61. The van der Waals surface area contributed by atoms with Gasteiger partial charge in [0, 0.05) is 26.0 Å². The van der Waals surface area contributed by atoms with Gasteiger partial charge in [-0.1, -0.05) is 6.07 Å². The van der Waals surface area contributed by atoms with Gasteiger partial charge in [0.25, 0.3) is 0 Å². The molecule has 0 aromatic carbocycles. The average molecular weight is 221 g/mol. The van der Waals surface area contributed by atoms with Crippen molar-refractivity contribution in [3.8, 4) is 0 Å². The van der Waals surface area contributed by atoms with Crippen LogP contribution in [-0.4, -0.2) is 42.1 Å². The Morgan fingerprint density at radius 1 is 1.69 bits per heavy atom. The number of morpholine rings is 1. The average Bonchev–Trinajstić information content (AvgIpc) is 2.33. The summed E-state index contributed by atoms with van der Waals surface area (Å²) in [7, 11) is 1.77. The van der Waals surface area contributed by atoms with Gasteiger partial charge in [0.2, 0.25) is 5.91 Å². The molecule has 5 nitrogen and oxygen atoms in total. The predicted octanol–water partition coefficient (Wildman–Crippen LogP) is -0.0614. The highest BCUT2D eigenvalue weighted by Crippen LogP contribution is 2.27. The third kappa shape index (κ3) is 1.91. The first kappa shape index (κ1) is 11.0. The quantitative estimate of drug-likeness (QED) is 0.759. The molecule has 1 aliphatic heterocycles. The highest BCUT2D eigenvalue weighted by atomic mass is 16.5. The standard InChI is InChI=1S/C11H15N3O2/c1-14-10(15)7-16-9(5-12)11(14)8-3-2-4-13-6-8/h2-4,6,9,11H,5,7,12H2,1H3/t9-,11-/m1/s1. The lowest BCUT2D eigenvalue weighted by molar-refractivity contribution is -0.154. The summed E-state index contributed by atoms with van der Waals surface area (Å²) in [6, 6.07) is 3.63. The van der Waals surface area contributed by atoms with Crippen LogP contribution in [-0.2, 0) is 9.53 Å². The lowest BCUT2D eigenvalue weighted by Gasteiger charge is -2.38. The van der Waals surface area contributed by atoms with Crippen LogP contribution in [0, 0.1) is 0 Å². The zero-order valence-electron chi connectivity index (χ0n) is 9.17. The third-order valence-corrected chi connectivity index (χ3v) is 2.84. The van der Waals surface area contributed by atoms with E-state index < -0.39 is 0 Å². The Hall–Kier alpha value is -1.46. The number of hydrogen-bond donors (Lipinski definition) is 1. The van der Waals surface area contributed by atoms with E-state index in [9.17, 15) is 4.79 Å². The normalized spacial score (nSPS) is 25.9. The summed E-state index contributed by atoms with van der Waals surface area (Å²) < 4.78 is 5.43. The molecule has 2 rings (SSSR count). The molecule has 2 atom stereocenters. The van der Waals surface area contributed by atoms with Crippen LogP contribution in [0.5, 0.6) is 0 Å². The topological polar surface area (TPSA) is 68.5 Å². The fourth-order valence-corrected chi connectivity index (χ4v) is 1.96. The second-order valence-electron chi connectivity index (χ2n) is 3.82. The Balaban J connectivity index is 2.30. The summed E-state index contributed by atoms with van der Waals surface area (Å²) >= 11 is 0. The number of aromatic nitrogens is 1. The second kappa shape index (κ2) is 4.59. The number of amides is 1. The Labute approximate surface area is 94.2 Å². The van der Waals surface area contributed by atoms with E-state index in [1.54, 1.807) is 24.3 Å². The highest BCUT2D eigenvalue weighted by Gasteiger charge is 2.34. The molecule has 0 aliphatic carbocycles. The summed E-state index contributed by atoms with van der Waals surface area (Å²) in [6.07, 6.45) is 3.28. The first-order valence-corrected chi connectivity index (χ1v) is 5.21. The Bertz CT molecular complexity index is 369. The van der Waals surface area contributed by atoms with E-state index in [4.69, 9.17) is 10.5 Å². The van der Waals surface area contributed by atoms with E-state index >= 15 is 0 Å². The van der Waals surface area contributed by atoms with Crippen molar-refractivity contribution in [2.24, 2.45) is 5.73 Å². The first-order chi connectivity index (χ1) is 7.74. The number of hydrogen-bond acceptors (Lipinski definition) is 4. The van der Waals surface area contributed by atoms with Crippen molar-refractivity contribution in [3.63, 3.8) is 0 Å². The lowest BCUT2D eigenvalue weighted by Crippen LogP contribution is -2.49. The number of ether oxygens (including phenoxy) is 1. The largest absolute Gasteiger partial charge is 0.365 e. The highest BCUT2D eigenvalue weighted by molar-refractivity contribution is 5.78. The van der Waals surface area contributed by atoms with Gasteiger partial charge in [0.15, 0.2) is 0 Å². The molecule has 5 heteroatoms. The van der Waals surface area contributed by atoms with E-state index in [2.05, 4.69) is 4.98 Å². The minimum Gasteiger partial charge on any atom is -0.365 e. The van der Waals surface area contributed by atoms with Gasteiger partial charge in [-0.2, -0.15) is 0 Å². The number of likely N-dealkylation sites (N-methyl/N-ethyl adjacent to an activating group) is 1. The van der Waals surface area contributed by atoms with Crippen LogP contribution in [0.2, 0.25) is 0 Å². The van der Waals surface area contributed by atoms with E-state index in [1.165, 1.54) is 0 Å². The van der Waals surface area contributed by atoms with Gasteiger partial charge in [0.1, 0.15) is 6.61 Å². The summed E-state index contributed by atoms with van der Waals surface area (Å²) in [6.45, 7) is 0.492. The van der Waals surface area contributed by atoms with Crippen LogP contribution in [0.3, 0.4) is 0 Å². The van der Waals surface area contributed by atoms with E-state index in [0.29, 0.717) is 6.54 Å². The van der Waals surface area contributed by atoms with Crippen LogP contribution in [0.1, 0.15) is 11.6 Å². The third-order valence-electron chi connectivity index (χ3n) is 2.84. The summed E-state index contributed by atoms with van der Waals surface area (Å²) in [5, 5.41) is 0. The number of nitrogens with two attached hydrogens (primary N) is 1. The molecule has 1 aromatic heterocycles. The van der Waals surface area contributed by atoms with Crippen molar-refractivity contribution >= 4 is 5.91 Å². The van der Waals surface area contributed by atoms with E-state index in [1.807, 2.05) is 12.1 Å². The molecule has 0 radical (unpaired) electrons. The smallest absolute Gasteiger partial charge is 0.248 e. The number of nitrogens with zero attached hydrogens (tertiary/aromatic N) is 2. The molecule has 0 saturated carbocycles. The molecule has 1 amide bonds. The zero-order valence-corrected chi connectivity index (χ0v) is 9.17. The van der Waals surface area contributed by atoms with Gasteiger partial charge < -0.3 is 15.4 Å². The maximum atomic E-state index is 11.6. The Morgan fingerprint density at radius 3 is 3.12 bits per heavy atom. The Kier molecular flexibility index (Phi) is 3.17. The van der Waals surface area contributed by atoms with Gasteiger partial charge in [0.05, 0.1) is 12.1 Å². The van der Waals surface area contributed by atoms with Crippen molar-refractivity contribution in [3.05, 3.63) is 30.1 Å². The minimum atomic E-state index is -0.160. The maximum absolute atomic E-state index is 11.6. The molecule has 0 spiro atoms. The molecule has 1 aliphatic rings. The van der Waals surface area contributed by atoms with E-state index in [0.717, 1.165) is 5.56 Å². The van der Waals surface area contributed by atoms with Crippen molar-refractivity contribution in [1.29, 1.82) is 0 Å². The predicted molar refractivity (Wildman–Crippen MR) is 58.5 cm³/mol. The van der Waals surface area contributed by atoms with Crippen molar-refractivity contribution in [2.45, 2.75) is 12.1 Å². The minimum absolute atomic E-state index is 0.0291. The SMILES string of the molecule is CN1C(=O)CO[C@H](CN)[C@H]1c1cccnc1. The van der Waals surface area contributed by atoms with Gasteiger partial charge in [-0.3, -0.25) is 9.78 Å². The lowest BCUT2D eigenvalue weighted by atomic mass is 10.00. The van der Waals surface area contributed by atoms with Crippen LogP contribution >= 0.6 is 0 Å². The fraction of sp³-hybridized carbons (Fsp3) is 0.455. The van der Waals surface area contributed by atoms with Gasteiger partial charge in [-0.05, 0) is 11.6 Å². The van der Waals surface area contributed by atoms with E-state index in [-0.39, 0.29) is 24.7 Å². The molecular formula is C11H15N3O2. The zero-order chi connectivity index (χ0) is 11.5. The molecule has 1 fully saturated rings. The number of carbonyl (C=O) groups excluding carboxylic acids is 1. The van der Waals surface area contributed by atoms with Crippen LogP contribution < -0.4 is 5.73 Å². The molecule has 2 N–H and O–H groups in total. The molecule has 86 valence electrons. The molecule has 2 heterocycles. The van der Waals surface area contributed by atoms with Crippen molar-refractivity contribution in [1.82, 2.24) is 9.88 Å². The van der Waals surface area contributed by atoms with Crippen LogP contribution in [0.15, 0.2) is 24.5 Å². The molecule has 0 bridgehead atoms. The van der Waals surface area contributed by atoms with Crippen LogP contribution in [0.4, 0.5) is 0 Å². The maximum Gasteiger partial charge on any atom is 0.248 e. The molecule has 1 saturated heterocycles. The molecule has 1 aromatic rings.